The molecule has 1 saturated carbocycles. The first-order chi connectivity index (χ1) is 9.60. The number of benzene rings is 1. The molecule has 4 heteroatoms. The van der Waals surface area contributed by atoms with Gasteiger partial charge in [-0.25, -0.2) is 0 Å². The number of piperidine rings is 1. The van der Waals surface area contributed by atoms with Crippen molar-refractivity contribution in [3.05, 3.63) is 29.8 Å². The fraction of sp³-hybridized carbons (Fsp3) is 0.562. The topological polar surface area (TPSA) is 73.3 Å². The van der Waals surface area contributed by atoms with Crippen molar-refractivity contribution in [2.24, 2.45) is 11.7 Å². The van der Waals surface area contributed by atoms with Crippen molar-refractivity contribution in [3.63, 3.8) is 0 Å². The number of rotatable bonds is 2. The number of para-hydroxylation sites is 1. The molecule has 108 valence electrons. The molecule has 20 heavy (non-hydrogen) atoms. The van der Waals surface area contributed by atoms with Crippen LogP contribution in [0.4, 0.5) is 5.69 Å². The fourth-order valence-electron chi connectivity index (χ4n) is 3.77. The monoisotopic (exact) mass is 273 g/mol. The third-order valence-electron chi connectivity index (χ3n) is 4.96. The van der Waals surface area contributed by atoms with Crippen molar-refractivity contribution in [1.82, 2.24) is 0 Å². The first-order valence-electron chi connectivity index (χ1n) is 7.51. The van der Waals surface area contributed by atoms with Gasteiger partial charge in [-0.05, 0) is 31.4 Å². The lowest BCUT2D eigenvalue weighted by molar-refractivity contribution is -0.0612. The molecule has 1 heterocycles. The van der Waals surface area contributed by atoms with E-state index < -0.39 is 5.60 Å². The predicted octanol–water partition coefficient (Wildman–Crippen LogP) is 2.10. The zero-order valence-electron chi connectivity index (χ0n) is 11.8. The Bertz CT molecular complexity index is 516. The Morgan fingerprint density at radius 2 is 2.10 bits per heavy atom. The molecule has 2 unspecified atom stereocenters. The van der Waals surface area contributed by atoms with Crippen LogP contribution in [-0.2, 0) is 0 Å². The lowest BCUT2D eigenvalue weighted by Gasteiger charge is -2.48. The number of aliphatic hydroxyl groups is 1. The number of fused-ring (bicyclic) bond motifs is 1. The van der Waals surface area contributed by atoms with Crippen LogP contribution < -0.4 is 10.6 Å². The molecule has 0 radical (unpaired) electrons. The molecule has 0 bridgehead atoms. The summed E-state index contributed by atoms with van der Waals surface area (Å²) in [6.07, 6.45) is 5.24. The molecule has 1 saturated heterocycles. The Balaban J connectivity index is 1.85. The lowest BCUT2D eigenvalue weighted by atomic mass is 9.71. The Labute approximate surface area is 120 Å². The summed E-state index contributed by atoms with van der Waals surface area (Å²) in [7, 11) is 0. The Hall–Kier alpha value is -1.55. The van der Waals surface area contributed by atoms with E-state index in [9.17, 15) is 5.11 Å². The van der Waals surface area contributed by atoms with Gasteiger partial charge in [0.05, 0.1) is 5.60 Å². The van der Waals surface area contributed by atoms with Gasteiger partial charge >= 0.3 is 0 Å². The van der Waals surface area contributed by atoms with Crippen molar-refractivity contribution >= 4 is 11.5 Å². The van der Waals surface area contributed by atoms with Gasteiger partial charge in [-0.1, -0.05) is 25.0 Å². The summed E-state index contributed by atoms with van der Waals surface area (Å²) < 4.78 is 0. The maximum atomic E-state index is 10.7. The third-order valence-corrected chi connectivity index (χ3v) is 4.96. The van der Waals surface area contributed by atoms with Crippen LogP contribution in [0.3, 0.4) is 0 Å². The highest BCUT2D eigenvalue weighted by Gasteiger charge is 2.42. The smallest absolute Gasteiger partial charge is 0.124 e. The zero-order valence-corrected chi connectivity index (χ0v) is 11.8. The number of anilines is 1. The number of nitrogens with one attached hydrogen (secondary N) is 1. The summed E-state index contributed by atoms with van der Waals surface area (Å²) in [6, 6.07) is 7.84. The molecule has 1 aromatic carbocycles. The third kappa shape index (κ3) is 2.29. The second-order valence-electron chi connectivity index (χ2n) is 6.17. The van der Waals surface area contributed by atoms with Crippen LogP contribution in [0, 0.1) is 11.3 Å². The second-order valence-corrected chi connectivity index (χ2v) is 6.17. The average molecular weight is 273 g/mol. The van der Waals surface area contributed by atoms with E-state index in [1.807, 2.05) is 24.3 Å². The number of hydrogen-bond donors (Lipinski definition) is 3. The van der Waals surface area contributed by atoms with Crippen molar-refractivity contribution in [2.45, 2.75) is 37.7 Å². The van der Waals surface area contributed by atoms with Crippen molar-refractivity contribution in [2.75, 3.05) is 18.0 Å². The lowest BCUT2D eigenvalue weighted by Crippen LogP contribution is -2.53. The summed E-state index contributed by atoms with van der Waals surface area (Å²) >= 11 is 0. The summed E-state index contributed by atoms with van der Waals surface area (Å²) in [6.45, 7) is 1.72. The molecule has 0 spiro atoms. The van der Waals surface area contributed by atoms with Crippen LogP contribution in [0.25, 0.3) is 0 Å². The maximum Gasteiger partial charge on any atom is 0.124 e. The Kier molecular flexibility index (Phi) is 3.42. The van der Waals surface area contributed by atoms with E-state index in [1.54, 1.807) is 0 Å². The SMILES string of the molecule is N=C(N)c1ccccc1N1CCC2(O)CCCCC2C1. The van der Waals surface area contributed by atoms with Crippen molar-refractivity contribution in [3.8, 4) is 0 Å². The van der Waals surface area contributed by atoms with E-state index in [4.69, 9.17) is 11.1 Å². The van der Waals surface area contributed by atoms with E-state index in [0.717, 1.165) is 50.0 Å². The normalized spacial score (nSPS) is 29.9. The molecule has 1 aliphatic carbocycles. The molecule has 2 fully saturated rings. The van der Waals surface area contributed by atoms with E-state index in [2.05, 4.69) is 4.90 Å². The summed E-state index contributed by atoms with van der Waals surface area (Å²) in [5.41, 5.74) is 7.06. The molecular formula is C16H23N3O. The highest BCUT2D eigenvalue weighted by molar-refractivity contribution is 6.00. The molecule has 2 aliphatic rings. The highest BCUT2D eigenvalue weighted by atomic mass is 16.3. The molecule has 1 aromatic rings. The summed E-state index contributed by atoms with van der Waals surface area (Å²) in [4.78, 5) is 2.29. The molecule has 0 amide bonds. The molecular weight excluding hydrogens is 250 g/mol. The van der Waals surface area contributed by atoms with Gasteiger partial charge in [0.25, 0.3) is 0 Å². The van der Waals surface area contributed by atoms with Crippen LogP contribution in [0.2, 0.25) is 0 Å². The first-order valence-corrected chi connectivity index (χ1v) is 7.51. The number of amidine groups is 1. The van der Waals surface area contributed by atoms with Crippen LogP contribution in [0.5, 0.6) is 0 Å². The quantitative estimate of drug-likeness (QED) is 0.570. The maximum absolute atomic E-state index is 10.7. The molecule has 4 nitrogen and oxygen atoms in total. The van der Waals surface area contributed by atoms with Gasteiger partial charge in [0.15, 0.2) is 0 Å². The fourth-order valence-corrected chi connectivity index (χ4v) is 3.77. The van der Waals surface area contributed by atoms with E-state index in [-0.39, 0.29) is 5.84 Å². The van der Waals surface area contributed by atoms with E-state index >= 15 is 0 Å². The van der Waals surface area contributed by atoms with Gasteiger partial charge in [-0.2, -0.15) is 0 Å². The van der Waals surface area contributed by atoms with Gasteiger partial charge in [-0.3, -0.25) is 5.41 Å². The van der Waals surface area contributed by atoms with Crippen LogP contribution in [0.1, 0.15) is 37.7 Å². The van der Waals surface area contributed by atoms with E-state index in [1.165, 1.54) is 6.42 Å². The largest absolute Gasteiger partial charge is 0.389 e. The van der Waals surface area contributed by atoms with Gasteiger partial charge in [-0.15, -0.1) is 0 Å². The molecule has 4 N–H and O–H groups in total. The number of nitrogen functional groups attached to an aromatic ring is 1. The minimum atomic E-state index is -0.458. The van der Waals surface area contributed by atoms with Crippen LogP contribution in [-0.4, -0.2) is 29.6 Å². The number of nitrogens with zero attached hydrogens (tertiary/aromatic N) is 1. The number of nitrogens with two attached hydrogens (primary N) is 1. The average Bonchev–Trinajstić information content (AvgIpc) is 2.46. The van der Waals surface area contributed by atoms with Gasteiger partial charge in [0.1, 0.15) is 5.84 Å². The zero-order chi connectivity index (χ0) is 14.2. The second kappa shape index (κ2) is 5.09. The van der Waals surface area contributed by atoms with Crippen LogP contribution >= 0.6 is 0 Å². The van der Waals surface area contributed by atoms with Crippen molar-refractivity contribution < 1.29 is 5.11 Å². The molecule has 1 aliphatic heterocycles. The minimum absolute atomic E-state index is 0.116. The Morgan fingerprint density at radius 3 is 2.90 bits per heavy atom. The van der Waals surface area contributed by atoms with E-state index in [0.29, 0.717) is 5.92 Å². The van der Waals surface area contributed by atoms with Gasteiger partial charge in [0.2, 0.25) is 0 Å². The summed E-state index contributed by atoms with van der Waals surface area (Å²) in [5.74, 6) is 0.468. The molecule has 2 atom stereocenters. The standard InChI is InChI=1S/C16H23N3O/c17-15(18)13-6-1-2-7-14(13)19-10-9-16(20)8-4-3-5-12(16)11-19/h1-2,6-7,12,20H,3-5,8-11H2,(H3,17,18). The highest BCUT2D eigenvalue weighted by Crippen LogP contribution is 2.41. The molecule has 3 rings (SSSR count). The Morgan fingerprint density at radius 1 is 1.30 bits per heavy atom. The molecule has 0 aromatic heterocycles. The van der Waals surface area contributed by atoms with Crippen molar-refractivity contribution in [1.29, 1.82) is 5.41 Å². The minimum Gasteiger partial charge on any atom is -0.389 e. The summed E-state index contributed by atoms with van der Waals surface area (Å²) in [5, 5.41) is 18.5. The van der Waals surface area contributed by atoms with Gasteiger partial charge < -0.3 is 15.7 Å². The van der Waals surface area contributed by atoms with Crippen LogP contribution in [0.15, 0.2) is 24.3 Å². The number of hydrogen-bond acceptors (Lipinski definition) is 3. The van der Waals surface area contributed by atoms with Gasteiger partial charge in [0, 0.05) is 30.3 Å². The predicted molar refractivity (Wildman–Crippen MR) is 81.2 cm³/mol. The first kappa shape index (κ1) is 13.4.